The van der Waals surface area contributed by atoms with Crippen molar-refractivity contribution in [1.29, 1.82) is 0 Å². The molecule has 1 aromatic carbocycles. The quantitative estimate of drug-likeness (QED) is 0.691. The zero-order valence-corrected chi connectivity index (χ0v) is 11.8. The molecule has 1 unspecified atom stereocenters. The van der Waals surface area contributed by atoms with Crippen molar-refractivity contribution in [2.45, 2.75) is 19.4 Å². The Balaban J connectivity index is 1.96. The van der Waals surface area contributed by atoms with Crippen LogP contribution in [0, 0.1) is 0 Å². The van der Waals surface area contributed by atoms with E-state index in [-0.39, 0.29) is 11.7 Å². The number of rotatable bonds is 6. The molecule has 1 aromatic heterocycles. The average molecular weight is 262 g/mol. The molecule has 0 saturated heterocycles. The smallest absolute Gasteiger partial charge is 0.310 e. The highest BCUT2D eigenvalue weighted by Crippen LogP contribution is 2.16. The van der Waals surface area contributed by atoms with E-state index in [2.05, 4.69) is 47.3 Å². The highest BCUT2D eigenvalue weighted by atomic mass is 16.1. The van der Waals surface area contributed by atoms with Crippen molar-refractivity contribution < 1.29 is 0 Å². The number of H-pyrrole nitrogens is 2. The number of hydrogen-bond donors (Lipinski definition) is 3. The van der Waals surface area contributed by atoms with Gasteiger partial charge in [0.05, 0.1) is 11.0 Å². The summed E-state index contributed by atoms with van der Waals surface area (Å²) in [5.41, 5.74) is 2.75. The number of nitrogens with one attached hydrogen (secondary N) is 3. The number of aromatic amines is 2. The fourth-order valence-corrected chi connectivity index (χ4v) is 2.15. The summed E-state index contributed by atoms with van der Waals surface area (Å²) in [4.78, 5) is 18.9. The molecule has 104 valence electrons. The Morgan fingerprint density at radius 3 is 2.74 bits per heavy atom. The first-order chi connectivity index (χ1) is 9.06. The minimum Gasteiger partial charge on any atom is -0.310 e. The molecule has 0 spiro atoms. The fraction of sp³-hybridized carbons (Fsp3) is 0.500. The summed E-state index contributed by atoms with van der Waals surface area (Å²) in [7, 11) is 4.17. The van der Waals surface area contributed by atoms with Gasteiger partial charge in [-0.3, -0.25) is 0 Å². The van der Waals surface area contributed by atoms with E-state index in [9.17, 15) is 4.79 Å². The maximum atomic E-state index is 11.2. The summed E-state index contributed by atoms with van der Waals surface area (Å²) in [6.45, 7) is 4.21. The van der Waals surface area contributed by atoms with Crippen molar-refractivity contribution in [1.82, 2.24) is 20.2 Å². The summed E-state index contributed by atoms with van der Waals surface area (Å²) in [6, 6.07) is 6.30. The van der Waals surface area contributed by atoms with E-state index in [1.165, 1.54) is 5.56 Å². The average Bonchev–Trinajstić information content (AvgIpc) is 2.73. The predicted octanol–water partition coefficient (Wildman–Crippen LogP) is 1.46. The van der Waals surface area contributed by atoms with Gasteiger partial charge in [-0.2, -0.15) is 0 Å². The van der Waals surface area contributed by atoms with Crippen LogP contribution in [-0.4, -0.2) is 42.1 Å². The molecule has 0 amide bonds. The Morgan fingerprint density at radius 1 is 1.26 bits per heavy atom. The molecule has 19 heavy (non-hydrogen) atoms. The first-order valence-electron chi connectivity index (χ1n) is 6.66. The van der Waals surface area contributed by atoms with Crippen LogP contribution >= 0.6 is 0 Å². The van der Waals surface area contributed by atoms with Crippen LogP contribution in [0.3, 0.4) is 0 Å². The third-order valence-electron chi connectivity index (χ3n) is 3.27. The first-order valence-corrected chi connectivity index (χ1v) is 6.66. The molecular formula is C14H22N4O. The number of fused-ring (bicyclic) bond motifs is 1. The van der Waals surface area contributed by atoms with Crippen molar-refractivity contribution in [3.05, 3.63) is 34.2 Å². The van der Waals surface area contributed by atoms with Gasteiger partial charge in [-0.25, -0.2) is 4.79 Å². The summed E-state index contributed by atoms with van der Waals surface area (Å²) >= 11 is 0. The second kappa shape index (κ2) is 6.04. The van der Waals surface area contributed by atoms with E-state index >= 15 is 0 Å². The van der Waals surface area contributed by atoms with E-state index in [1.807, 2.05) is 12.1 Å². The van der Waals surface area contributed by atoms with Gasteiger partial charge in [0, 0.05) is 6.04 Å². The predicted molar refractivity (Wildman–Crippen MR) is 78.5 cm³/mol. The van der Waals surface area contributed by atoms with Crippen LogP contribution in [0.1, 0.15) is 24.9 Å². The zero-order chi connectivity index (χ0) is 13.8. The number of hydrogen-bond acceptors (Lipinski definition) is 3. The molecule has 0 aliphatic heterocycles. The first kappa shape index (κ1) is 13.8. The minimum absolute atomic E-state index is 0.154. The molecule has 0 aliphatic rings. The monoisotopic (exact) mass is 262 g/mol. The Kier molecular flexibility index (Phi) is 4.39. The highest BCUT2D eigenvalue weighted by molar-refractivity contribution is 5.75. The summed E-state index contributed by atoms with van der Waals surface area (Å²) < 4.78 is 0. The maximum absolute atomic E-state index is 11.2. The van der Waals surface area contributed by atoms with E-state index < -0.39 is 0 Å². The van der Waals surface area contributed by atoms with Crippen LogP contribution in [0.2, 0.25) is 0 Å². The molecule has 1 heterocycles. The van der Waals surface area contributed by atoms with Gasteiger partial charge in [0.15, 0.2) is 0 Å². The van der Waals surface area contributed by atoms with Crippen LogP contribution in [-0.2, 0) is 0 Å². The van der Waals surface area contributed by atoms with Crippen LogP contribution in [0.5, 0.6) is 0 Å². The van der Waals surface area contributed by atoms with Gasteiger partial charge in [0.25, 0.3) is 0 Å². The van der Waals surface area contributed by atoms with Gasteiger partial charge in [-0.15, -0.1) is 0 Å². The molecule has 2 aromatic rings. The Hall–Kier alpha value is -1.59. The molecule has 0 aliphatic carbocycles. The summed E-state index contributed by atoms with van der Waals surface area (Å²) in [6.07, 6.45) is 1.13. The van der Waals surface area contributed by atoms with Gasteiger partial charge in [-0.05, 0) is 58.2 Å². The number of nitrogens with zero attached hydrogens (tertiary/aromatic N) is 1. The van der Waals surface area contributed by atoms with E-state index in [4.69, 9.17) is 0 Å². The van der Waals surface area contributed by atoms with Crippen LogP contribution < -0.4 is 11.0 Å². The lowest BCUT2D eigenvalue weighted by Crippen LogP contribution is -2.23. The van der Waals surface area contributed by atoms with Crippen LogP contribution in [0.15, 0.2) is 23.0 Å². The number of aromatic nitrogens is 2. The lowest BCUT2D eigenvalue weighted by atomic mass is 10.1. The fourth-order valence-electron chi connectivity index (χ4n) is 2.15. The van der Waals surface area contributed by atoms with Gasteiger partial charge in [0.1, 0.15) is 0 Å². The molecule has 3 N–H and O–H groups in total. The molecule has 2 rings (SSSR count). The molecule has 0 radical (unpaired) electrons. The third-order valence-corrected chi connectivity index (χ3v) is 3.27. The number of imidazole rings is 1. The Morgan fingerprint density at radius 2 is 2.00 bits per heavy atom. The normalized spacial score (nSPS) is 13.3. The molecular weight excluding hydrogens is 240 g/mol. The van der Waals surface area contributed by atoms with Crippen molar-refractivity contribution in [2.24, 2.45) is 0 Å². The molecule has 1 atom stereocenters. The SMILES string of the molecule is CC(NCCCN(C)C)c1ccc2[nH]c(=O)[nH]c2c1. The zero-order valence-electron chi connectivity index (χ0n) is 11.8. The minimum atomic E-state index is -0.154. The molecule has 0 bridgehead atoms. The second-order valence-electron chi connectivity index (χ2n) is 5.22. The third kappa shape index (κ3) is 3.68. The van der Waals surface area contributed by atoms with Gasteiger partial charge >= 0.3 is 5.69 Å². The standard InChI is InChI=1S/C14H22N4O/c1-10(15-7-4-8-18(2)3)11-5-6-12-13(9-11)17-14(19)16-12/h5-6,9-10,15H,4,7-8H2,1-3H3,(H2,16,17,19). The van der Waals surface area contributed by atoms with E-state index in [0.29, 0.717) is 0 Å². The van der Waals surface area contributed by atoms with Gasteiger partial charge in [-0.1, -0.05) is 6.07 Å². The Bertz CT molecular complexity index is 584. The van der Waals surface area contributed by atoms with Gasteiger partial charge < -0.3 is 20.2 Å². The van der Waals surface area contributed by atoms with Crippen molar-refractivity contribution in [3.8, 4) is 0 Å². The summed E-state index contributed by atoms with van der Waals surface area (Å²) in [5.74, 6) is 0. The largest absolute Gasteiger partial charge is 0.323 e. The lowest BCUT2D eigenvalue weighted by Gasteiger charge is -2.15. The van der Waals surface area contributed by atoms with E-state index in [1.54, 1.807) is 0 Å². The van der Waals surface area contributed by atoms with Crippen molar-refractivity contribution in [2.75, 3.05) is 27.2 Å². The van der Waals surface area contributed by atoms with Gasteiger partial charge in [0.2, 0.25) is 0 Å². The Labute approximate surface area is 113 Å². The van der Waals surface area contributed by atoms with Crippen LogP contribution in [0.25, 0.3) is 11.0 Å². The lowest BCUT2D eigenvalue weighted by molar-refractivity contribution is 0.389. The summed E-state index contributed by atoms with van der Waals surface area (Å²) in [5, 5.41) is 3.50. The van der Waals surface area contributed by atoms with Crippen molar-refractivity contribution >= 4 is 11.0 Å². The molecule has 5 nitrogen and oxygen atoms in total. The van der Waals surface area contributed by atoms with E-state index in [0.717, 1.165) is 30.5 Å². The van der Waals surface area contributed by atoms with Crippen LogP contribution in [0.4, 0.5) is 0 Å². The van der Waals surface area contributed by atoms with Crippen molar-refractivity contribution in [3.63, 3.8) is 0 Å². The molecule has 0 saturated carbocycles. The second-order valence-corrected chi connectivity index (χ2v) is 5.22. The molecule has 5 heteroatoms. The maximum Gasteiger partial charge on any atom is 0.323 e. The number of benzene rings is 1. The highest BCUT2D eigenvalue weighted by Gasteiger charge is 2.06. The topological polar surface area (TPSA) is 63.9 Å². The molecule has 0 fully saturated rings.